The molecule has 0 atom stereocenters. The topological polar surface area (TPSA) is 24.9 Å². The first-order valence-corrected chi connectivity index (χ1v) is 18.4. The molecule has 0 spiro atoms. The lowest BCUT2D eigenvalue weighted by Crippen LogP contribution is -2.30. The minimum Gasteiger partial charge on any atom is -0.381 e. The molecule has 0 aromatic carbocycles. The molecule has 0 amide bonds. The Balaban J connectivity index is 4.45. The number of nitrogens with zero attached hydrogens (tertiary/aromatic N) is 2. The van der Waals surface area contributed by atoms with Gasteiger partial charge in [-0.15, -0.1) is 0 Å². The molecule has 0 aromatic rings. The van der Waals surface area contributed by atoms with Crippen molar-refractivity contribution in [2.45, 2.75) is 168 Å². The van der Waals surface area contributed by atoms with Gasteiger partial charge in [0.05, 0.1) is 6.61 Å². The van der Waals surface area contributed by atoms with Crippen molar-refractivity contribution in [1.29, 1.82) is 0 Å². The molecule has 0 aliphatic heterocycles. The predicted molar refractivity (Wildman–Crippen MR) is 183 cm³/mol. The largest absolute Gasteiger partial charge is 0.381 e. The summed E-state index contributed by atoms with van der Waals surface area (Å²) >= 11 is 0. The molecule has 0 aliphatic rings. The summed E-state index contributed by atoms with van der Waals surface area (Å²) in [6, 6.07) is 0. The molecule has 0 aliphatic carbocycles. The van der Waals surface area contributed by atoms with Crippen LogP contribution in [0.25, 0.3) is 0 Å². The molecule has 0 rings (SSSR count). The highest BCUT2D eigenvalue weighted by Gasteiger charge is 2.29. The van der Waals surface area contributed by atoms with Gasteiger partial charge in [-0.25, -0.2) is 0 Å². The summed E-state index contributed by atoms with van der Waals surface area (Å²) in [5.74, 6) is 0. The highest BCUT2D eigenvalue weighted by atomic mass is 16.5. The van der Waals surface area contributed by atoms with Crippen molar-refractivity contribution in [1.82, 2.24) is 9.80 Å². The second-order valence-corrected chi connectivity index (χ2v) is 13.7. The van der Waals surface area contributed by atoms with Crippen LogP contribution in [0.1, 0.15) is 168 Å². The third-order valence-corrected chi connectivity index (χ3v) is 8.81. The fourth-order valence-electron chi connectivity index (χ4n) is 6.08. The van der Waals surface area contributed by atoms with E-state index < -0.39 is 0 Å². The minimum atomic E-state index is 0.353. The second kappa shape index (κ2) is 31.3. The summed E-state index contributed by atoms with van der Waals surface area (Å²) in [6.45, 7) is 10.8. The molecule has 41 heavy (non-hydrogen) atoms. The van der Waals surface area contributed by atoms with Crippen LogP contribution in [0.15, 0.2) is 0 Å². The van der Waals surface area contributed by atoms with Crippen molar-refractivity contribution >= 4 is 0 Å². The Morgan fingerprint density at radius 3 is 1.17 bits per heavy atom. The summed E-state index contributed by atoms with van der Waals surface area (Å²) in [7, 11) is 8.85. The van der Waals surface area contributed by atoms with Gasteiger partial charge in [0.25, 0.3) is 0 Å². The van der Waals surface area contributed by atoms with Gasteiger partial charge in [-0.3, -0.25) is 0 Å². The minimum absolute atomic E-state index is 0.353. The maximum Gasteiger partial charge on any atom is 0.0522 e. The highest BCUT2D eigenvalue weighted by Crippen LogP contribution is 2.37. The third-order valence-electron chi connectivity index (χ3n) is 8.81. The Morgan fingerprint density at radius 2 is 0.732 bits per heavy atom. The first-order valence-electron chi connectivity index (χ1n) is 18.4. The predicted octanol–water partition coefficient (Wildman–Crippen LogP) is 10.5. The van der Waals surface area contributed by atoms with E-state index in [1.165, 1.54) is 167 Å². The fraction of sp³-hybridized carbons (Fsp3) is 1.00. The number of unbranched alkanes of at least 4 members (excludes halogenated alkanes) is 16. The summed E-state index contributed by atoms with van der Waals surface area (Å²) in [5.41, 5.74) is 0.353. The quantitative estimate of drug-likeness (QED) is 0.0705. The summed E-state index contributed by atoms with van der Waals surface area (Å²) in [5, 5.41) is 0. The van der Waals surface area contributed by atoms with Crippen molar-refractivity contribution in [3.63, 3.8) is 0 Å². The Kier molecular flexibility index (Phi) is 31.1. The van der Waals surface area contributed by atoms with Crippen molar-refractivity contribution in [2.24, 2.45) is 5.41 Å². The average molecular weight is 583 g/mol. The van der Waals surface area contributed by atoms with Gasteiger partial charge in [0.15, 0.2) is 0 Å². The van der Waals surface area contributed by atoms with E-state index in [1.807, 2.05) is 0 Å². The normalized spacial score (nSPS) is 12.3. The van der Waals surface area contributed by atoms with Crippen molar-refractivity contribution in [3.05, 3.63) is 0 Å². The van der Waals surface area contributed by atoms with Gasteiger partial charge in [-0.1, -0.05) is 117 Å². The molecule has 0 radical (unpaired) electrons. The van der Waals surface area contributed by atoms with Crippen LogP contribution in [0, 0.1) is 5.41 Å². The van der Waals surface area contributed by atoms with Crippen LogP contribution in [0.3, 0.4) is 0 Å². The van der Waals surface area contributed by atoms with Crippen LogP contribution in [-0.4, -0.2) is 77.5 Å². The second-order valence-electron chi connectivity index (χ2n) is 13.7. The van der Waals surface area contributed by atoms with Gasteiger partial charge in [0.1, 0.15) is 0 Å². The van der Waals surface area contributed by atoms with Gasteiger partial charge in [0.2, 0.25) is 0 Å². The Labute approximate surface area is 260 Å². The summed E-state index contributed by atoms with van der Waals surface area (Å²) in [6.07, 6.45) is 32.2. The molecular weight excluding hydrogens is 504 g/mol. The average Bonchev–Trinajstić information content (AvgIpc) is 2.93. The van der Waals surface area contributed by atoms with E-state index >= 15 is 0 Å². The smallest absolute Gasteiger partial charge is 0.0522 e. The molecule has 0 N–H and O–H groups in total. The lowest BCUT2D eigenvalue weighted by Gasteiger charge is -2.35. The maximum absolute atomic E-state index is 6.50. The van der Waals surface area contributed by atoms with E-state index in [0.717, 1.165) is 26.4 Å². The molecular formula is C37H78N2O2. The highest BCUT2D eigenvalue weighted by molar-refractivity contribution is 4.80. The first-order chi connectivity index (χ1) is 20.0. The van der Waals surface area contributed by atoms with Crippen LogP contribution in [0.4, 0.5) is 0 Å². The van der Waals surface area contributed by atoms with Gasteiger partial charge >= 0.3 is 0 Å². The first kappa shape index (κ1) is 40.8. The Hall–Kier alpha value is -0.160. The molecule has 0 unspecified atom stereocenters. The Bertz CT molecular complexity index is 453. The third kappa shape index (κ3) is 29.7. The summed E-state index contributed by atoms with van der Waals surface area (Å²) < 4.78 is 12.4. The van der Waals surface area contributed by atoms with E-state index in [2.05, 4.69) is 51.8 Å². The molecule has 4 heteroatoms. The standard InChI is InChI=1S/C37H78N2O2/c1-7-9-11-13-14-15-16-17-20-25-35-41-36-37(29-26-31-38(3)4,30-27-32-39(5)6)28-22-19-18-21-24-34-40-33-23-12-10-8-2/h7-36H2,1-6H3. The van der Waals surface area contributed by atoms with Crippen molar-refractivity contribution in [3.8, 4) is 0 Å². The number of ether oxygens (including phenoxy) is 2. The monoisotopic (exact) mass is 583 g/mol. The lowest BCUT2D eigenvalue weighted by molar-refractivity contribution is 0.0189. The molecule has 0 heterocycles. The molecule has 0 saturated heterocycles. The van der Waals surface area contributed by atoms with Gasteiger partial charge < -0.3 is 19.3 Å². The van der Waals surface area contributed by atoms with Crippen LogP contribution >= 0.6 is 0 Å². The van der Waals surface area contributed by atoms with Crippen LogP contribution < -0.4 is 0 Å². The van der Waals surface area contributed by atoms with Gasteiger partial charge in [-0.2, -0.15) is 0 Å². The van der Waals surface area contributed by atoms with Crippen molar-refractivity contribution < 1.29 is 9.47 Å². The molecule has 4 nitrogen and oxygen atoms in total. The lowest BCUT2D eigenvalue weighted by atomic mass is 9.75. The SMILES string of the molecule is CCCCCCCCCCCCOCC(CCCCCCCOCCCCCC)(CCCN(C)C)CCCN(C)C. The maximum atomic E-state index is 6.50. The zero-order valence-electron chi connectivity index (χ0n) is 29.4. The number of hydrogen-bond donors (Lipinski definition) is 0. The fourth-order valence-corrected chi connectivity index (χ4v) is 6.08. The molecule has 0 bridgehead atoms. The zero-order chi connectivity index (χ0) is 30.3. The van der Waals surface area contributed by atoms with E-state index in [-0.39, 0.29) is 0 Å². The van der Waals surface area contributed by atoms with E-state index in [4.69, 9.17) is 9.47 Å². The van der Waals surface area contributed by atoms with Gasteiger partial charge in [0, 0.05) is 19.8 Å². The zero-order valence-corrected chi connectivity index (χ0v) is 29.4. The van der Waals surface area contributed by atoms with Crippen molar-refractivity contribution in [2.75, 3.05) is 67.7 Å². The van der Waals surface area contributed by atoms with E-state index in [0.29, 0.717) is 5.41 Å². The van der Waals surface area contributed by atoms with Crippen LogP contribution in [0.5, 0.6) is 0 Å². The molecule has 0 aromatic heterocycles. The number of hydrogen-bond acceptors (Lipinski definition) is 4. The van der Waals surface area contributed by atoms with E-state index in [9.17, 15) is 0 Å². The molecule has 0 fully saturated rings. The Morgan fingerprint density at radius 1 is 0.390 bits per heavy atom. The molecule has 248 valence electrons. The van der Waals surface area contributed by atoms with Gasteiger partial charge in [-0.05, 0) is 98.1 Å². The molecule has 0 saturated carbocycles. The number of rotatable bonds is 34. The van der Waals surface area contributed by atoms with Crippen LogP contribution in [-0.2, 0) is 9.47 Å². The van der Waals surface area contributed by atoms with Crippen LogP contribution in [0.2, 0.25) is 0 Å². The van der Waals surface area contributed by atoms with E-state index in [1.54, 1.807) is 0 Å². The summed E-state index contributed by atoms with van der Waals surface area (Å²) in [4.78, 5) is 4.70.